The number of allylic oxidation sites excluding steroid dienone is 2. The van der Waals surface area contributed by atoms with E-state index in [4.69, 9.17) is 0 Å². The monoisotopic (exact) mass is 226 g/mol. The summed E-state index contributed by atoms with van der Waals surface area (Å²) in [6.07, 6.45) is 3.67. The number of esters is 1. The molecule has 2 heteroatoms. The first-order chi connectivity index (χ1) is 8.27. The van der Waals surface area contributed by atoms with Crippen LogP contribution >= 0.6 is 0 Å². The summed E-state index contributed by atoms with van der Waals surface area (Å²) in [7, 11) is 1.35. The van der Waals surface area contributed by atoms with Gasteiger partial charge in [-0.05, 0) is 24.6 Å². The Morgan fingerprint density at radius 3 is 2.71 bits per heavy atom. The molecule has 0 unspecified atom stereocenters. The first-order valence-electron chi connectivity index (χ1n) is 5.22. The number of hydrogen-bond acceptors (Lipinski definition) is 2. The van der Waals surface area contributed by atoms with Crippen molar-refractivity contribution in [3.8, 4) is 11.8 Å². The molecule has 0 fully saturated rings. The van der Waals surface area contributed by atoms with E-state index >= 15 is 0 Å². The van der Waals surface area contributed by atoms with Crippen molar-refractivity contribution in [1.82, 2.24) is 0 Å². The van der Waals surface area contributed by atoms with Crippen molar-refractivity contribution in [2.24, 2.45) is 0 Å². The summed E-state index contributed by atoms with van der Waals surface area (Å²) in [6.45, 7) is 3.59. The summed E-state index contributed by atoms with van der Waals surface area (Å²) in [4.78, 5) is 11.3. The van der Waals surface area contributed by atoms with E-state index in [1.807, 2.05) is 30.3 Å². The molecule has 1 aromatic rings. The van der Waals surface area contributed by atoms with Gasteiger partial charge in [-0.2, -0.15) is 0 Å². The number of methoxy groups -OCH3 is 1. The quantitative estimate of drug-likeness (QED) is 0.343. The molecule has 0 amide bonds. The molecule has 0 aliphatic carbocycles. The molecule has 1 aromatic carbocycles. The summed E-state index contributed by atoms with van der Waals surface area (Å²) >= 11 is 0. The van der Waals surface area contributed by atoms with Crippen LogP contribution in [-0.4, -0.2) is 13.1 Å². The van der Waals surface area contributed by atoms with Crippen molar-refractivity contribution in [1.29, 1.82) is 0 Å². The number of rotatable bonds is 3. The highest BCUT2D eigenvalue weighted by Gasteiger charge is 2.05. The number of hydrogen-bond donors (Lipinski definition) is 0. The second-order valence-corrected chi connectivity index (χ2v) is 3.29. The van der Waals surface area contributed by atoms with Gasteiger partial charge < -0.3 is 4.74 Å². The smallest absolute Gasteiger partial charge is 0.334 e. The highest BCUT2D eigenvalue weighted by Crippen LogP contribution is 2.04. The fourth-order valence-corrected chi connectivity index (χ4v) is 1.22. The molecule has 0 bridgehead atoms. The second-order valence-electron chi connectivity index (χ2n) is 3.29. The molecule has 0 aliphatic heterocycles. The minimum absolute atomic E-state index is 0.368. The van der Waals surface area contributed by atoms with Crippen LogP contribution in [0.3, 0.4) is 0 Å². The van der Waals surface area contributed by atoms with Crippen molar-refractivity contribution in [3.05, 3.63) is 60.2 Å². The summed E-state index contributed by atoms with van der Waals surface area (Å²) < 4.78 is 4.64. The number of benzene rings is 1. The van der Waals surface area contributed by atoms with E-state index in [0.29, 0.717) is 12.0 Å². The Hall–Kier alpha value is -2.27. The average Bonchev–Trinajstić information content (AvgIpc) is 2.38. The van der Waals surface area contributed by atoms with Gasteiger partial charge in [0.1, 0.15) is 0 Å². The van der Waals surface area contributed by atoms with E-state index in [-0.39, 0.29) is 5.97 Å². The van der Waals surface area contributed by atoms with E-state index < -0.39 is 0 Å². The number of ether oxygens (including phenoxy) is 1. The van der Waals surface area contributed by atoms with Crippen LogP contribution in [0.2, 0.25) is 0 Å². The van der Waals surface area contributed by atoms with Crippen molar-refractivity contribution < 1.29 is 9.53 Å². The molecule has 86 valence electrons. The topological polar surface area (TPSA) is 26.3 Å². The zero-order valence-corrected chi connectivity index (χ0v) is 9.77. The van der Waals surface area contributed by atoms with Crippen molar-refractivity contribution in [2.45, 2.75) is 6.42 Å². The van der Waals surface area contributed by atoms with Gasteiger partial charge in [0.25, 0.3) is 0 Å². The molecule has 0 aromatic heterocycles. The molecule has 2 nitrogen and oxygen atoms in total. The Morgan fingerprint density at radius 2 is 2.12 bits per heavy atom. The van der Waals surface area contributed by atoms with E-state index in [1.165, 1.54) is 7.11 Å². The van der Waals surface area contributed by atoms with Crippen LogP contribution in [0.15, 0.2) is 54.6 Å². The Balaban J connectivity index is 2.83. The third-order valence-electron chi connectivity index (χ3n) is 2.05. The lowest BCUT2D eigenvalue weighted by Gasteiger charge is -1.98. The zero-order valence-electron chi connectivity index (χ0n) is 9.77. The van der Waals surface area contributed by atoms with Gasteiger partial charge in [-0.3, -0.25) is 0 Å². The minimum atomic E-state index is -0.368. The zero-order chi connectivity index (χ0) is 12.5. The van der Waals surface area contributed by atoms with Gasteiger partial charge in [0.05, 0.1) is 7.11 Å². The SMILES string of the molecule is C=CC/C(=C\C#Cc1ccccc1)C(=O)OC. The number of carbonyl (C=O) groups is 1. The maximum Gasteiger partial charge on any atom is 0.334 e. The molecule has 0 atom stereocenters. The molecule has 17 heavy (non-hydrogen) atoms. The van der Waals surface area contributed by atoms with Crippen LogP contribution in [0.1, 0.15) is 12.0 Å². The fraction of sp³-hybridized carbons (Fsp3) is 0.133. The Kier molecular flexibility index (Phi) is 5.33. The standard InChI is InChI=1S/C15H14O2/c1-3-8-14(15(16)17-2)12-7-11-13-9-5-4-6-10-13/h3-6,9-10,12H,1,8H2,2H3/b14-12+. The first kappa shape index (κ1) is 12.8. The molecule has 0 N–H and O–H groups in total. The summed E-state index contributed by atoms with van der Waals surface area (Å²) in [5, 5.41) is 0. The fourth-order valence-electron chi connectivity index (χ4n) is 1.22. The molecular weight excluding hydrogens is 212 g/mol. The summed E-state index contributed by atoms with van der Waals surface area (Å²) in [6, 6.07) is 9.58. The Morgan fingerprint density at radius 1 is 1.41 bits per heavy atom. The van der Waals surface area contributed by atoms with Gasteiger partial charge in [0.15, 0.2) is 0 Å². The Bertz CT molecular complexity index is 473. The molecule has 0 heterocycles. The summed E-state index contributed by atoms with van der Waals surface area (Å²) in [5.74, 6) is 5.42. The van der Waals surface area contributed by atoms with Gasteiger partial charge in [-0.15, -0.1) is 6.58 Å². The van der Waals surface area contributed by atoms with Gasteiger partial charge in [-0.25, -0.2) is 4.79 Å². The lowest BCUT2D eigenvalue weighted by atomic mass is 10.1. The van der Waals surface area contributed by atoms with Gasteiger partial charge in [0.2, 0.25) is 0 Å². The van der Waals surface area contributed by atoms with E-state index in [0.717, 1.165) is 5.56 Å². The molecule has 0 spiro atoms. The second kappa shape index (κ2) is 7.08. The van der Waals surface area contributed by atoms with Crippen LogP contribution in [-0.2, 0) is 9.53 Å². The van der Waals surface area contributed by atoms with E-state index in [9.17, 15) is 4.79 Å². The lowest BCUT2D eigenvalue weighted by molar-refractivity contribution is -0.136. The van der Waals surface area contributed by atoms with Crippen LogP contribution in [0.5, 0.6) is 0 Å². The van der Waals surface area contributed by atoms with Gasteiger partial charge >= 0.3 is 5.97 Å². The Labute approximate surface area is 102 Å². The molecule has 0 aliphatic rings. The summed E-state index contributed by atoms with van der Waals surface area (Å²) in [5.41, 5.74) is 1.41. The van der Waals surface area contributed by atoms with Crippen LogP contribution < -0.4 is 0 Å². The molecule has 0 saturated carbocycles. The van der Waals surface area contributed by atoms with Crippen LogP contribution in [0.4, 0.5) is 0 Å². The third kappa shape index (κ3) is 4.40. The van der Waals surface area contributed by atoms with Crippen LogP contribution in [0, 0.1) is 11.8 Å². The highest BCUT2D eigenvalue weighted by atomic mass is 16.5. The third-order valence-corrected chi connectivity index (χ3v) is 2.05. The van der Waals surface area contributed by atoms with E-state index in [2.05, 4.69) is 23.2 Å². The van der Waals surface area contributed by atoms with Gasteiger partial charge in [-0.1, -0.05) is 36.1 Å². The van der Waals surface area contributed by atoms with Crippen molar-refractivity contribution >= 4 is 5.97 Å². The minimum Gasteiger partial charge on any atom is -0.466 e. The maximum atomic E-state index is 11.3. The van der Waals surface area contributed by atoms with Crippen molar-refractivity contribution in [3.63, 3.8) is 0 Å². The van der Waals surface area contributed by atoms with Gasteiger partial charge in [0, 0.05) is 11.1 Å². The molecular formula is C15H14O2. The molecule has 0 radical (unpaired) electrons. The lowest BCUT2D eigenvalue weighted by Crippen LogP contribution is -2.03. The molecule has 0 saturated heterocycles. The van der Waals surface area contributed by atoms with Crippen LogP contribution in [0.25, 0.3) is 0 Å². The normalized spacial score (nSPS) is 10.1. The largest absolute Gasteiger partial charge is 0.466 e. The maximum absolute atomic E-state index is 11.3. The number of carbonyl (C=O) groups excluding carboxylic acids is 1. The predicted octanol–water partition coefficient (Wildman–Crippen LogP) is 2.71. The first-order valence-corrected chi connectivity index (χ1v) is 5.22. The van der Waals surface area contributed by atoms with Crippen molar-refractivity contribution in [2.75, 3.05) is 7.11 Å². The average molecular weight is 226 g/mol. The van der Waals surface area contributed by atoms with E-state index in [1.54, 1.807) is 12.2 Å². The predicted molar refractivity (Wildman–Crippen MR) is 68.2 cm³/mol. The highest BCUT2D eigenvalue weighted by molar-refractivity contribution is 5.89. The molecule has 1 rings (SSSR count).